The van der Waals surface area contributed by atoms with Gasteiger partial charge in [-0.15, -0.1) is 0 Å². The van der Waals surface area contributed by atoms with Crippen LogP contribution in [-0.2, 0) is 4.79 Å². The summed E-state index contributed by atoms with van der Waals surface area (Å²) in [5.74, 6) is -1.08. The van der Waals surface area contributed by atoms with Crippen LogP contribution in [0.4, 0.5) is 0 Å². The van der Waals surface area contributed by atoms with Gasteiger partial charge >= 0.3 is 80.9 Å². The molecule has 3 nitrogen and oxygen atoms in total. The average Bonchev–Trinajstić information content (AvgIpc) is 1.41. The van der Waals surface area contributed by atoms with Crippen molar-refractivity contribution in [3.63, 3.8) is 0 Å². The summed E-state index contributed by atoms with van der Waals surface area (Å²) in [5.41, 5.74) is 0. The summed E-state index contributed by atoms with van der Waals surface area (Å²) < 4.78 is 0. The fourth-order valence-corrected chi connectivity index (χ4v) is 0. The predicted molar refractivity (Wildman–Crippen MR) is 16.6 cm³/mol. The van der Waals surface area contributed by atoms with Gasteiger partial charge in [-0.2, -0.15) is 7.11 Å². The van der Waals surface area contributed by atoms with Gasteiger partial charge in [0.15, 0.2) is 0 Å². The van der Waals surface area contributed by atoms with Gasteiger partial charge < -0.3 is 15.0 Å². The van der Waals surface area contributed by atoms with Crippen molar-refractivity contribution in [1.29, 1.82) is 0 Å². The van der Waals surface area contributed by atoms with Crippen molar-refractivity contribution in [3.8, 4) is 0 Å². The fourth-order valence-electron chi connectivity index (χ4n) is 0. The standard InChI is InChI=1S/C2H4O2.CH3O.K.Na/c1-2(3)4;1-2;;/h1H3,(H,3,4);1H3;;/q;-1;2*+1/p-1. The SMILES string of the molecule is CC(=O)[O-].C[O-].[K+].[Na+]. The molecule has 0 rings (SSSR count). The van der Waals surface area contributed by atoms with Gasteiger partial charge in [-0.3, -0.25) is 0 Å². The molecule has 0 saturated carbocycles. The molecule has 0 saturated heterocycles. The molecule has 0 fully saturated rings. The van der Waals surface area contributed by atoms with Gasteiger partial charge in [-0.1, -0.05) is 0 Å². The van der Waals surface area contributed by atoms with Crippen LogP contribution >= 0.6 is 0 Å². The van der Waals surface area contributed by atoms with E-state index >= 15 is 0 Å². The Kier molecular flexibility index (Phi) is 64.6. The largest absolute Gasteiger partial charge is 1.00 e. The summed E-state index contributed by atoms with van der Waals surface area (Å²) in [5, 5.41) is 17.1. The van der Waals surface area contributed by atoms with Crippen LogP contribution in [0.1, 0.15) is 6.92 Å². The quantitative estimate of drug-likeness (QED) is 0.324. The zero-order valence-corrected chi connectivity index (χ0v) is 10.8. The van der Waals surface area contributed by atoms with Crippen molar-refractivity contribution in [2.45, 2.75) is 6.92 Å². The van der Waals surface area contributed by atoms with Crippen LogP contribution in [0.3, 0.4) is 0 Å². The first-order valence-corrected chi connectivity index (χ1v) is 1.32. The number of carbonyl (C=O) groups is 1. The molecule has 0 aromatic carbocycles. The number of hydrogen-bond acceptors (Lipinski definition) is 3. The second kappa shape index (κ2) is 23.0. The van der Waals surface area contributed by atoms with Crippen LogP contribution in [0.25, 0.3) is 0 Å². The first-order chi connectivity index (χ1) is 2.73. The van der Waals surface area contributed by atoms with Gasteiger partial charge in [-0.05, 0) is 6.92 Å². The maximum Gasteiger partial charge on any atom is 1.00 e. The van der Waals surface area contributed by atoms with Gasteiger partial charge in [0.1, 0.15) is 0 Å². The van der Waals surface area contributed by atoms with Crippen molar-refractivity contribution in [2.24, 2.45) is 0 Å². The number of carboxylic acids is 1. The first kappa shape index (κ1) is 22.5. The van der Waals surface area contributed by atoms with Gasteiger partial charge in [-0.25, -0.2) is 0 Å². The van der Waals surface area contributed by atoms with Crippen molar-refractivity contribution in [2.75, 3.05) is 7.11 Å². The molecule has 8 heavy (non-hydrogen) atoms. The van der Waals surface area contributed by atoms with E-state index in [1.807, 2.05) is 0 Å². The minimum Gasteiger partial charge on any atom is -0.857 e. The van der Waals surface area contributed by atoms with Crippen LogP contribution in [-0.4, -0.2) is 13.1 Å². The molecule has 0 aliphatic rings. The molecule has 0 radical (unpaired) electrons. The summed E-state index contributed by atoms with van der Waals surface area (Å²) in [6, 6.07) is 0. The third-order valence-corrected chi connectivity index (χ3v) is 0. The van der Waals surface area contributed by atoms with Crippen LogP contribution in [0.2, 0.25) is 0 Å². The van der Waals surface area contributed by atoms with E-state index in [1.54, 1.807) is 0 Å². The van der Waals surface area contributed by atoms with Crippen LogP contribution < -0.4 is 91.2 Å². The molecule has 5 heteroatoms. The zero-order chi connectivity index (χ0) is 5.58. The molecule has 0 aliphatic heterocycles. The zero-order valence-electron chi connectivity index (χ0n) is 5.72. The molecule has 0 heterocycles. The van der Waals surface area contributed by atoms with Crippen LogP contribution in [0.5, 0.6) is 0 Å². The first-order valence-electron chi connectivity index (χ1n) is 1.32. The molecule has 0 unspecified atom stereocenters. The van der Waals surface area contributed by atoms with E-state index in [0.29, 0.717) is 0 Å². The Balaban J connectivity index is -0.0000000183. The number of carbonyl (C=O) groups excluding carboxylic acids is 1. The smallest absolute Gasteiger partial charge is 0.857 e. The molecule has 0 N–H and O–H groups in total. The normalized spacial score (nSPS) is 3.88. The summed E-state index contributed by atoms with van der Waals surface area (Å²) in [4.78, 5) is 8.89. The van der Waals surface area contributed by atoms with Crippen LogP contribution in [0, 0.1) is 0 Å². The molecular weight excluding hydrogens is 146 g/mol. The molecule has 0 aliphatic carbocycles. The monoisotopic (exact) mass is 152 g/mol. The molecule has 0 bridgehead atoms. The number of carboxylic acid groups (broad SMARTS) is 1. The van der Waals surface area contributed by atoms with Crippen molar-refractivity contribution < 1.29 is 95.9 Å². The van der Waals surface area contributed by atoms with E-state index in [2.05, 4.69) is 0 Å². The van der Waals surface area contributed by atoms with E-state index in [-0.39, 0.29) is 80.9 Å². The van der Waals surface area contributed by atoms with Gasteiger partial charge in [0, 0.05) is 5.97 Å². The Bertz CT molecular complexity index is 37.5. The Labute approximate surface area is 114 Å². The number of rotatable bonds is 0. The minimum atomic E-state index is -1.08. The molecule has 0 spiro atoms. The summed E-state index contributed by atoms with van der Waals surface area (Å²) in [6.07, 6.45) is 0. The fraction of sp³-hybridized carbons (Fsp3) is 0.667. The third-order valence-electron chi connectivity index (χ3n) is 0. The van der Waals surface area contributed by atoms with Crippen LogP contribution in [0.15, 0.2) is 0 Å². The summed E-state index contributed by atoms with van der Waals surface area (Å²) in [6.45, 7) is 0.972. The van der Waals surface area contributed by atoms with E-state index in [4.69, 9.17) is 15.0 Å². The van der Waals surface area contributed by atoms with E-state index in [1.165, 1.54) is 0 Å². The topological polar surface area (TPSA) is 63.2 Å². The Hall–Kier alpha value is 2.07. The Morgan fingerprint density at radius 3 is 1.38 bits per heavy atom. The van der Waals surface area contributed by atoms with E-state index in [9.17, 15) is 0 Å². The Morgan fingerprint density at radius 2 is 1.38 bits per heavy atom. The van der Waals surface area contributed by atoms with Crippen molar-refractivity contribution >= 4 is 5.97 Å². The Morgan fingerprint density at radius 1 is 1.38 bits per heavy atom. The number of aliphatic carboxylic acids is 1. The minimum absolute atomic E-state index is 0. The van der Waals surface area contributed by atoms with Gasteiger partial charge in [0.05, 0.1) is 0 Å². The summed E-state index contributed by atoms with van der Waals surface area (Å²) in [7, 11) is 0.750. The van der Waals surface area contributed by atoms with E-state index < -0.39 is 5.97 Å². The molecule has 0 aromatic rings. The van der Waals surface area contributed by atoms with Gasteiger partial charge in [0.2, 0.25) is 0 Å². The maximum atomic E-state index is 8.89. The average molecular weight is 152 g/mol. The second-order valence-electron chi connectivity index (χ2n) is 0.492. The number of hydrogen-bond donors (Lipinski definition) is 0. The molecule has 0 atom stereocenters. The second-order valence-corrected chi connectivity index (χ2v) is 0.492. The predicted octanol–water partition coefficient (Wildman–Crippen LogP) is -8.26. The molecule has 38 valence electrons. The third kappa shape index (κ3) is 94.3. The van der Waals surface area contributed by atoms with Crippen molar-refractivity contribution in [1.82, 2.24) is 0 Å². The maximum absolute atomic E-state index is 8.89. The molecule has 0 aromatic heterocycles. The van der Waals surface area contributed by atoms with Gasteiger partial charge in [0.25, 0.3) is 0 Å². The van der Waals surface area contributed by atoms with E-state index in [0.717, 1.165) is 14.0 Å². The molecule has 0 amide bonds. The summed E-state index contributed by atoms with van der Waals surface area (Å²) >= 11 is 0. The van der Waals surface area contributed by atoms with Crippen molar-refractivity contribution in [3.05, 3.63) is 0 Å². The molecular formula is C3H6KNaO3.